The van der Waals surface area contributed by atoms with Crippen molar-refractivity contribution in [2.24, 2.45) is 0 Å². The summed E-state index contributed by atoms with van der Waals surface area (Å²) < 4.78 is 9.75. The van der Waals surface area contributed by atoms with Crippen molar-refractivity contribution in [3.8, 4) is 0 Å². The third kappa shape index (κ3) is 3.42. The Balaban J connectivity index is 1.79. The summed E-state index contributed by atoms with van der Waals surface area (Å²) >= 11 is 4.82. The Hall–Kier alpha value is -2.61. The lowest BCUT2D eigenvalue weighted by Crippen LogP contribution is -2.48. The van der Waals surface area contributed by atoms with Crippen LogP contribution in [-0.2, 0) is 0 Å². The molecule has 2 rings (SSSR count). The Labute approximate surface area is 112 Å². The van der Waals surface area contributed by atoms with Crippen LogP contribution in [0.4, 0.5) is 0 Å². The van der Waals surface area contributed by atoms with E-state index in [9.17, 15) is 9.59 Å². The molecule has 0 saturated heterocycles. The summed E-state index contributed by atoms with van der Waals surface area (Å²) in [5, 5.41) is 2.26. The van der Waals surface area contributed by atoms with Crippen LogP contribution in [0, 0.1) is 0 Å². The Bertz CT molecular complexity index is 577. The number of rotatable bonds is 2. The fourth-order valence-electron chi connectivity index (χ4n) is 1.19. The van der Waals surface area contributed by atoms with E-state index < -0.39 is 11.8 Å². The zero-order valence-electron chi connectivity index (χ0n) is 9.51. The van der Waals surface area contributed by atoms with Gasteiger partial charge >= 0.3 is 5.91 Å². The van der Waals surface area contributed by atoms with Gasteiger partial charge in [-0.25, -0.2) is 0 Å². The molecule has 0 aliphatic carbocycles. The summed E-state index contributed by atoms with van der Waals surface area (Å²) in [7, 11) is 0. The van der Waals surface area contributed by atoms with Crippen molar-refractivity contribution in [3.63, 3.8) is 0 Å². The lowest BCUT2D eigenvalue weighted by atomic mass is 10.4. The molecule has 0 saturated carbocycles. The predicted molar refractivity (Wildman–Crippen MR) is 68.1 cm³/mol. The second-order valence-electron chi connectivity index (χ2n) is 3.32. The van der Waals surface area contributed by atoms with Crippen LogP contribution in [0.3, 0.4) is 0 Å². The molecular weight excluding hydrogens is 270 g/mol. The van der Waals surface area contributed by atoms with Gasteiger partial charge in [0.05, 0.1) is 12.5 Å². The van der Waals surface area contributed by atoms with Crippen molar-refractivity contribution in [1.29, 1.82) is 0 Å². The third-order valence-electron chi connectivity index (χ3n) is 2.01. The molecule has 8 heteroatoms. The van der Waals surface area contributed by atoms with E-state index in [-0.39, 0.29) is 16.6 Å². The van der Waals surface area contributed by atoms with Crippen molar-refractivity contribution in [1.82, 2.24) is 16.2 Å². The van der Waals surface area contributed by atoms with E-state index in [1.54, 1.807) is 12.1 Å². The van der Waals surface area contributed by atoms with Gasteiger partial charge in [0.1, 0.15) is 0 Å². The Kier molecular flexibility index (Phi) is 3.94. The topological polar surface area (TPSA) is 96.5 Å². The molecule has 0 fully saturated rings. The van der Waals surface area contributed by atoms with Crippen LogP contribution < -0.4 is 16.2 Å². The highest BCUT2D eigenvalue weighted by atomic mass is 32.1. The average Bonchev–Trinajstić information content (AvgIpc) is 3.07. The second kappa shape index (κ2) is 5.83. The van der Waals surface area contributed by atoms with E-state index in [0.717, 1.165) is 0 Å². The number of hydrazine groups is 1. The van der Waals surface area contributed by atoms with E-state index in [4.69, 9.17) is 21.1 Å². The normalized spacial score (nSPS) is 9.68. The molecule has 2 heterocycles. The first-order chi connectivity index (χ1) is 9.16. The van der Waals surface area contributed by atoms with Gasteiger partial charge in [-0.15, -0.1) is 0 Å². The van der Waals surface area contributed by atoms with Crippen LogP contribution in [0.25, 0.3) is 0 Å². The third-order valence-corrected chi connectivity index (χ3v) is 2.21. The fourth-order valence-corrected chi connectivity index (χ4v) is 1.33. The minimum Gasteiger partial charge on any atom is -0.459 e. The van der Waals surface area contributed by atoms with Gasteiger partial charge in [-0.05, 0) is 36.5 Å². The SMILES string of the molecule is O=C(NNC(=S)NC(=O)c1ccco1)c1ccco1. The first-order valence-corrected chi connectivity index (χ1v) is 5.56. The number of hydrogen-bond donors (Lipinski definition) is 3. The van der Waals surface area contributed by atoms with Crippen LogP contribution in [0.2, 0.25) is 0 Å². The smallest absolute Gasteiger partial charge is 0.305 e. The van der Waals surface area contributed by atoms with E-state index in [1.165, 1.54) is 24.7 Å². The molecule has 0 aliphatic heterocycles. The number of hydrogen-bond acceptors (Lipinski definition) is 5. The minimum absolute atomic E-state index is 0.0682. The van der Waals surface area contributed by atoms with Crippen LogP contribution in [0.5, 0.6) is 0 Å². The molecule has 0 aromatic carbocycles. The first-order valence-electron chi connectivity index (χ1n) is 5.15. The van der Waals surface area contributed by atoms with E-state index >= 15 is 0 Å². The van der Waals surface area contributed by atoms with Gasteiger partial charge in [0.15, 0.2) is 16.6 Å². The summed E-state index contributed by atoms with van der Waals surface area (Å²) in [4.78, 5) is 23.0. The zero-order chi connectivity index (χ0) is 13.7. The molecule has 98 valence electrons. The number of nitrogens with one attached hydrogen (secondary N) is 3. The maximum atomic E-state index is 11.5. The molecule has 2 amide bonds. The number of carbonyl (C=O) groups excluding carboxylic acids is 2. The van der Waals surface area contributed by atoms with Crippen LogP contribution in [-0.4, -0.2) is 16.9 Å². The Morgan fingerprint density at radius 3 is 2.05 bits per heavy atom. The highest BCUT2D eigenvalue weighted by Gasteiger charge is 2.12. The number of amides is 2. The minimum atomic E-state index is -0.519. The van der Waals surface area contributed by atoms with Crippen molar-refractivity contribution in [2.45, 2.75) is 0 Å². The Morgan fingerprint density at radius 1 is 0.947 bits per heavy atom. The highest BCUT2D eigenvalue weighted by molar-refractivity contribution is 7.80. The lowest BCUT2D eigenvalue weighted by molar-refractivity contribution is 0.0907. The zero-order valence-corrected chi connectivity index (χ0v) is 10.3. The molecule has 19 heavy (non-hydrogen) atoms. The molecule has 0 atom stereocenters. The number of carbonyl (C=O) groups is 2. The Morgan fingerprint density at radius 2 is 1.53 bits per heavy atom. The standard InChI is InChI=1S/C11H9N3O4S/c15-9(7-3-1-5-17-7)12-11(19)14-13-10(16)8-4-2-6-18-8/h1-6H,(H,13,16)(H2,12,14,15,19). The van der Waals surface area contributed by atoms with Gasteiger partial charge in [-0.2, -0.15) is 0 Å². The number of furan rings is 2. The maximum Gasteiger partial charge on any atom is 0.305 e. The average molecular weight is 279 g/mol. The second-order valence-corrected chi connectivity index (χ2v) is 3.73. The van der Waals surface area contributed by atoms with E-state index in [1.807, 2.05) is 0 Å². The molecular formula is C11H9N3O4S. The molecule has 7 nitrogen and oxygen atoms in total. The molecule has 0 spiro atoms. The summed E-state index contributed by atoms with van der Waals surface area (Å²) in [5.41, 5.74) is 4.63. The van der Waals surface area contributed by atoms with Crippen molar-refractivity contribution >= 4 is 29.1 Å². The van der Waals surface area contributed by atoms with Crippen LogP contribution in [0.1, 0.15) is 21.1 Å². The van der Waals surface area contributed by atoms with Crippen molar-refractivity contribution < 1.29 is 18.4 Å². The summed E-state index contributed by atoms with van der Waals surface area (Å²) in [6.45, 7) is 0. The molecule has 0 aliphatic rings. The van der Waals surface area contributed by atoms with Gasteiger partial charge in [0.25, 0.3) is 5.91 Å². The van der Waals surface area contributed by atoms with E-state index in [2.05, 4.69) is 16.2 Å². The van der Waals surface area contributed by atoms with Gasteiger partial charge in [0, 0.05) is 0 Å². The number of thiocarbonyl (C=S) groups is 1. The highest BCUT2D eigenvalue weighted by Crippen LogP contribution is 1.99. The van der Waals surface area contributed by atoms with Gasteiger partial charge < -0.3 is 8.83 Å². The van der Waals surface area contributed by atoms with Crippen LogP contribution in [0.15, 0.2) is 45.6 Å². The van der Waals surface area contributed by atoms with Crippen molar-refractivity contribution in [3.05, 3.63) is 48.3 Å². The molecule has 0 radical (unpaired) electrons. The summed E-state index contributed by atoms with van der Waals surface area (Å²) in [6.07, 6.45) is 2.73. The maximum absolute atomic E-state index is 11.5. The lowest BCUT2D eigenvalue weighted by Gasteiger charge is -2.08. The fraction of sp³-hybridized carbons (Fsp3) is 0. The van der Waals surface area contributed by atoms with Gasteiger partial charge in [-0.3, -0.25) is 25.8 Å². The largest absolute Gasteiger partial charge is 0.459 e. The summed E-state index contributed by atoms with van der Waals surface area (Å²) in [6, 6.07) is 6.12. The van der Waals surface area contributed by atoms with Crippen molar-refractivity contribution in [2.75, 3.05) is 0 Å². The molecule has 0 unspecified atom stereocenters. The van der Waals surface area contributed by atoms with E-state index in [0.29, 0.717) is 0 Å². The summed E-state index contributed by atoms with van der Waals surface area (Å²) in [5.74, 6) is -0.802. The molecule has 2 aromatic rings. The van der Waals surface area contributed by atoms with Crippen LogP contribution >= 0.6 is 12.2 Å². The van der Waals surface area contributed by atoms with Gasteiger partial charge in [-0.1, -0.05) is 0 Å². The first kappa shape index (κ1) is 12.8. The molecule has 0 bridgehead atoms. The predicted octanol–water partition coefficient (Wildman–Crippen LogP) is 0.822. The molecule has 3 N–H and O–H groups in total. The quantitative estimate of drug-likeness (QED) is 0.556. The van der Waals surface area contributed by atoms with Gasteiger partial charge in [0.2, 0.25) is 0 Å². The molecule has 2 aromatic heterocycles. The monoisotopic (exact) mass is 279 g/mol.